The molecular formula is C15H18N2O3. The highest BCUT2D eigenvalue weighted by molar-refractivity contribution is 5.95. The lowest BCUT2D eigenvalue weighted by Gasteiger charge is -2.30. The van der Waals surface area contributed by atoms with Gasteiger partial charge in [-0.05, 0) is 43.0 Å². The van der Waals surface area contributed by atoms with E-state index in [1.165, 1.54) is 5.56 Å². The van der Waals surface area contributed by atoms with Gasteiger partial charge in [-0.3, -0.25) is 9.59 Å². The smallest absolute Gasteiger partial charge is 0.306 e. The van der Waals surface area contributed by atoms with E-state index >= 15 is 0 Å². The molecule has 0 atom stereocenters. The van der Waals surface area contributed by atoms with Gasteiger partial charge in [-0.15, -0.1) is 0 Å². The molecule has 2 heterocycles. The van der Waals surface area contributed by atoms with Crippen molar-refractivity contribution in [1.82, 2.24) is 4.90 Å². The highest BCUT2D eigenvalue weighted by Gasteiger charge is 2.27. The van der Waals surface area contributed by atoms with Crippen LogP contribution in [0.25, 0.3) is 0 Å². The lowest BCUT2D eigenvalue weighted by atomic mass is 9.96. The van der Waals surface area contributed by atoms with Gasteiger partial charge in [0.1, 0.15) is 0 Å². The fraction of sp³-hybridized carbons (Fsp3) is 0.467. The van der Waals surface area contributed by atoms with Crippen LogP contribution in [0.5, 0.6) is 0 Å². The molecule has 106 valence electrons. The maximum absolute atomic E-state index is 12.4. The molecule has 0 spiro atoms. The monoisotopic (exact) mass is 274 g/mol. The summed E-state index contributed by atoms with van der Waals surface area (Å²) < 4.78 is 0. The predicted molar refractivity (Wildman–Crippen MR) is 74.9 cm³/mol. The molecule has 1 saturated heterocycles. The number of fused-ring (bicyclic) bond motifs is 1. The third-order valence-corrected chi connectivity index (χ3v) is 4.19. The Morgan fingerprint density at radius 1 is 1.25 bits per heavy atom. The zero-order valence-electron chi connectivity index (χ0n) is 11.3. The quantitative estimate of drug-likeness (QED) is 0.859. The Hall–Kier alpha value is -2.04. The number of carboxylic acid groups (broad SMARTS) is 1. The number of hydrogen-bond donors (Lipinski definition) is 2. The number of carboxylic acids is 1. The van der Waals surface area contributed by atoms with Crippen LogP contribution in [0.3, 0.4) is 0 Å². The first-order valence-corrected chi connectivity index (χ1v) is 7.04. The van der Waals surface area contributed by atoms with Crippen LogP contribution in [0, 0.1) is 5.92 Å². The van der Waals surface area contributed by atoms with E-state index in [-0.39, 0.29) is 11.8 Å². The lowest BCUT2D eigenvalue weighted by molar-refractivity contribution is -0.143. The average Bonchev–Trinajstić information content (AvgIpc) is 2.94. The molecule has 5 heteroatoms. The van der Waals surface area contributed by atoms with Gasteiger partial charge in [0.05, 0.1) is 5.92 Å². The summed E-state index contributed by atoms with van der Waals surface area (Å²) in [6, 6.07) is 5.77. The number of anilines is 1. The van der Waals surface area contributed by atoms with Crippen LogP contribution in [0.4, 0.5) is 5.69 Å². The third-order valence-electron chi connectivity index (χ3n) is 4.19. The molecule has 0 saturated carbocycles. The zero-order valence-corrected chi connectivity index (χ0v) is 11.3. The topological polar surface area (TPSA) is 69.6 Å². The van der Waals surface area contributed by atoms with Crippen molar-refractivity contribution >= 4 is 17.6 Å². The second-order valence-electron chi connectivity index (χ2n) is 5.45. The van der Waals surface area contributed by atoms with Gasteiger partial charge >= 0.3 is 5.97 Å². The maximum Gasteiger partial charge on any atom is 0.306 e. The molecule has 0 aromatic heterocycles. The highest BCUT2D eigenvalue weighted by Crippen LogP contribution is 2.25. The molecule has 1 aromatic rings. The van der Waals surface area contributed by atoms with E-state index in [0.717, 1.165) is 18.7 Å². The molecule has 0 aliphatic carbocycles. The van der Waals surface area contributed by atoms with Gasteiger partial charge in [-0.1, -0.05) is 0 Å². The summed E-state index contributed by atoms with van der Waals surface area (Å²) in [6.07, 6.45) is 2.05. The molecule has 1 fully saturated rings. The molecule has 2 aliphatic heterocycles. The molecule has 0 radical (unpaired) electrons. The number of carbonyl (C=O) groups is 2. The summed E-state index contributed by atoms with van der Waals surface area (Å²) in [7, 11) is 0. The van der Waals surface area contributed by atoms with Crippen molar-refractivity contribution < 1.29 is 14.7 Å². The molecular weight excluding hydrogens is 256 g/mol. The summed E-state index contributed by atoms with van der Waals surface area (Å²) in [6.45, 7) is 1.99. The molecule has 0 unspecified atom stereocenters. The Balaban J connectivity index is 1.69. The molecule has 1 amide bonds. The number of nitrogens with zero attached hydrogens (tertiary/aromatic N) is 1. The lowest BCUT2D eigenvalue weighted by Crippen LogP contribution is -2.40. The van der Waals surface area contributed by atoms with Crippen molar-refractivity contribution in [3.05, 3.63) is 29.3 Å². The Bertz CT molecular complexity index is 548. The Morgan fingerprint density at radius 3 is 2.70 bits per heavy atom. The van der Waals surface area contributed by atoms with Gasteiger partial charge in [-0.25, -0.2) is 0 Å². The van der Waals surface area contributed by atoms with Crippen molar-refractivity contribution in [2.45, 2.75) is 19.3 Å². The number of likely N-dealkylation sites (tertiary alicyclic amines) is 1. The van der Waals surface area contributed by atoms with E-state index < -0.39 is 5.97 Å². The minimum absolute atomic E-state index is 0.0172. The first-order valence-electron chi connectivity index (χ1n) is 7.04. The molecule has 5 nitrogen and oxygen atoms in total. The van der Waals surface area contributed by atoms with Crippen LogP contribution in [0.15, 0.2) is 18.2 Å². The highest BCUT2D eigenvalue weighted by atomic mass is 16.4. The van der Waals surface area contributed by atoms with E-state index in [2.05, 4.69) is 5.32 Å². The number of piperidine rings is 1. The van der Waals surface area contributed by atoms with Gasteiger partial charge < -0.3 is 15.3 Å². The van der Waals surface area contributed by atoms with E-state index in [4.69, 9.17) is 5.11 Å². The number of carbonyl (C=O) groups excluding carboxylic acids is 1. The minimum Gasteiger partial charge on any atom is -0.481 e. The average molecular weight is 274 g/mol. The van der Waals surface area contributed by atoms with Crippen molar-refractivity contribution in [3.63, 3.8) is 0 Å². The van der Waals surface area contributed by atoms with Crippen LogP contribution in [-0.4, -0.2) is 41.5 Å². The van der Waals surface area contributed by atoms with E-state index in [1.807, 2.05) is 18.2 Å². The van der Waals surface area contributed by atoms with Crippen molar-refractivity contribution in [2.75, 3.05) is 25.0 Å². The van der Waals surface area contributed by atoms with Crippen LogP contribution < -0.4 is 5.32 Å². The fourth-order valence-corrected chi connectivity index (χ4v) is 2.95. The van der Waals surface area contributed by atoms with Gasteiger partial charge in [0.2, 0.25) is 0 Å². The molecule has 3 rings (SSSR count). The number of nitrogens with one attached hydrogen (secondary N) is 1. The second-order valence-corrected chi connectivity index (χ2v) is 5.45. The third kappa shape index (κ3) is 2.35. The van der Waals surface area contributed by atoms with Crippen molar-refractivity contribution in [3.8, 4) is 0 Å². The normalized spacial score (nSPS) is 18.5. The Morgan fingerprint density at radius 2 is 2.00 bits per heavy atom. The molecule has 20 heavy (non-hydrogen) atoms. The maximum atomic E-state index is 12.4. The summed E-state index contributed by atoms with van der Waals surface area (Å²) in [5.41, 5.74) is 3.02. The number of amides is 1. The number of rotatable bonds is 2. The van der Waals surface area contributed by atoms with Gasteiger partial charge in [-0.2, -0.15) is 0 Å². The van der Waals surface area contributed by atoms with E-state index in [0.29, 0.717) is 31.5 Å². The van der Waals surface area contributed by atoms with E-state index in [9.17, 15) is 9.59 Å². The van der Waals surface area contributed by atoms with E-state index in [1.54, 1.807) is 4.90 Å². The molecule has 1 aromatic carbocycles. The van der Waals surface area contributed by atoms with Crippen molar-refractivity contribution in [2.24, 2.45) is 5.92 Å². The standard InChI is InChI=1S/C15H18N2O3/c18-14(17-7-4-10(5-8-17)15(19)20)12-1-2-13-11(9-12)3-6-16-13/h1-2,9-10,16H,3-8H2,(H,19,20). The van der Waals surface area contributed by atoms with Gasteiger partial charge in [0, 0.05) is 30.9 Å². The zero-order chi connectivity index (χ0) is 14.1. The summed E-state index contributed by atoms with van der Waals surface area (Å²) in [4.78, 5) is 25.1. The van der Waals surface area contributed by atoms with Gasteiger partial charge in [0.25, 0.3) is 5.91 Å². The summed E-state index contributed by atoms with van der Waals surface area (Å²) in [5.74, 6) is -1.03. The number of aliphatic carboxylic acids is 1. The SMILES string of the molecule is O=C(O)C1CCN(C(=O)c2ccc3c(c2)CCN3)CC1. The first-order chi connectivity index (χ1) is 9.65. The number of benzene rings is 1. The molecule has 2 N–H and O–H groups in total. The van der Waals surface area contributed by atoms with Crippen LogP contribution >= 0.6 is 0 Å². The Labute approximate surface area is 117 Å². The van der Waals surface area contributed by atoms with Crippen LogP contribution in [-0.2, 0) is 11.2 Å². The molecule has 0 bridgehead atoms. The summed E-state index contributed by atoms with van der Waals surface area (Å²) >= 11 is 0. The minimum atomic E-state index is -0.749. The number of hydrogen-bond acceptors (Lipinski definition) is 3. The van der Waals surface area contributed by atoms with Gasteiger partial charge in [0.15, 0.2) is 0 Å². The largest absolute Gasteiger partial charge is 0.481 e. The van der Waals surface area contributed by atoms with Crippen molar-refractivity contribution in [1.29, 1.82) is 0 Å². The fourth-order valence-electron chi connectivity index (χ4n) is 2.95. The second kappa shape index (κ2) is 5.15. The first kappa shape index (κ1) is 13.0. The van der Waals surface area contributed by atoms with Crippen LogP contribution in [0.1, 0.15) is 28.8 Å². The predicted octanol–water partition coefficient (Wildman–Crippen LogP) is 1.59. The van der Waals surface area contributed by atoms with Crippen LogP contribution in [0.2, 0.25) is 0 Å². The molecule has 2 aliphatic rings. The summed E-state index contributed by atoms with van der Waals surface area (Å²) in [5, 5.41) is 12.2. The Kier molecular flexibility index (Phi) is 3.34.